The lowest BCUT2D eigenvalue weighted by Crippen LogP contribution is -2.47. The van der Waals surface area contributed by atoms with E-state index in [1.165, 1.54) is 0 Å². The van der Waals surface area contributed by atoms with Gasteiger partial charge in [-0.2, -0.15) is 0 Å². The Balaban J connectivity index is 2.34. The Morgan fingerprint density at radius 2 is 1.73 bits per heavy atom. The average Bonchev–Trinajstić information content (AvgIpc) is 2.99. The summed E-state index contributed by atoms with van der Waals surface area (Å²) in [6.45, 7) is 16.3. The van der Waals surface area contributed by atoms with Crippen LogP contribution in [0.4, 0.5) is 0 Å². The molecule has 0 bridgehead atoms. The Kier molecular flexibility index (Phi) is 6.63. The van der Waals surface area contributed by atoms with E-state index in [4.69, 9.17) is 9.16 Å². The molecule has 0 saturated carbocycles. The van der Waals surface area contributed by atoms with Crippen LogP contribution in [-0.2, 0) is 15.8 Å². The van der Waals surface area contributed by atoms with Crippen LogP contribution in [0.15, 0.2) is 24.4 Å². The van der Waals surface area contributed by atoms with E-state index in [9.17, 15) is 4.79 Å². The van der Waals surface area contributed by atoms with Crippen molar-refractivity contribution < 1.29 is 14.0 Å². The highest BCUT2D eigenvalue weighted by atomic mass is 28.4. The fraction of sp³-hybridized carbons (Fsp3) is 0.600. The number of carbonyl (C=O) groups is 1. The molecular formula is C20H32N2O3Si. The monoisotopic (exact) mass is 376 g/mol. The lowest BCUT2D eigenvalue weighted by atomic mass is 10.3. The first kappa shape index (κ1) is 20.6. The van der Waals surface area contributed by atoms with Crippen LogP contribution in [0.1, 0.15) is 64.6 Å². The summed E-state index contributed by atoms with van der Waals surface area (Å²) in [7, 11) is -1.95. The molecule has 2 aromatic heterocycles. The standard InChI is InChI=1S/C20H32N2O3Si/c1-8-24-20(23)18-12-22-17(10-9-11-19(22)21-18)13-25-26(14(2)3,15(4)5)16(6)7/h9-12,14-16H,8,13H2,1-7H3. The molecule has 2 aromatic rings. The quantitative estimate of drug-likeness (QED) is 0.469. The third-order valence-electron chi connectivity index (χ3n) is 5.24. The van der Waals surface area contributed by atoms with Gasteiger partial charge in [0.1, 0.15) is 5.65 Å². The number of imidazole rings is 1. The lowest BCUT2D eigenvalue weighted by molar-refractivity contribution is 0.0520. The van der Waals surface area contributed by atoms with E-state index < -0.39 is 14.3 Å². The Morgan fingerprint density at radius 3 is 2.27 bits per heavy atom. The third-order valence-corrected chi connectivity index (χ3v) is 11.3. The van der Waals surface area contributed by atoms with E-state index in [1.807, 2.05) is 22.6 Å². The van der Waals surface area contributed by atoms with Crippen molar-refractivity contribution in [3.8, 4) is 0 Å². The number of hydrogen-bond acceptors (Lipinski definition) is 4. The topological polar surface area (TPSA) is 52.8 Å². The molecule has 0 unspecified atom stereocenters. The maximum absolute atomic E-state index is 12.0. The first-order chi connectivity index (χ1) is 12.2. The normalized spacial score (nSPS) is 12.5. The molecule has 0 saturated heterocycles. The predicted molar refractivity (Wildman–Crippen MR) is 107 cm³/mol. The van der Waals surface area contributed by atoms with Crippen LogP contribution in [0.25, 0.3) is 5.65 Å². The second kappa shape index (κ2) is 8.35. The first-order valence-electron chi connectivity index (χ1n) is 9.52. The molecule has 0 radical (unpaired) electrons. The van der Waals surface area contributed by atoms with Crippen molar-refractivity contribution >= 4 is 19.9 Å². The van der Waals surface area contributed by atoms with Crippen LogP contribution >= 0.6 is 0 Å². The third kappa shape index (κ3) is 3.86. The summed E-state index contributed by atoms with van der Waals surface area (Å²) >= 11 is 0. The van der Waals surface area contributed by atoms with E-state index in [0.717, 1.165) is 11.3 Å². The van der Waals surface area contributed by atoms with Crippen LogP contribution in [0.2, 0.25) is 16.6 Å². The second-order valence-corrected chi connectivity index (χ2v) is 13.2. The number of carbonyl (C=O) groups excluding carboxylic acids is 1. The van der Waals surface area contributed by atoms with E-state index in [2.05, 4.69) is 46.5 Å². The molecule has 0 aromatic carbocycles. The first-order valence-corrected chi connectivity index (χ1v) is 11.7. The fourth-order valence-corrected chi connectivity index (χ4v) is 9.59. The van der Waals surface area contributed by atoms with Gasteiger partial charge in [-0.25, -0.2) is 9.78 Å². The van der Waals surface area contributed by atoms with Crippen molar-refractivity contribution in [2.75, 3.05) is 6.61 Å². The lowest BCUT2D eigenvalue weighted by Gasteiger charge is -2.42. The molecule has 2 rings (SSSR count). The highest BCUT2D eigenvalue weighted by Gasteiger charge is 2.45. The number of pyridine rings is 1. The molecule has 0 N–H and O–H groups in total. The second-order valence-electron chi connectivity index (χ2n) is 7.70. The van der Waals surface area contributed by atoms with Crippen LogP contribution in [-0.4, -0.2) is 30.3 Å². The molecule has 0 amide bonds. The summed E-state index contributed by atoms with van der Waals surface area (Å²) in [6, 6.07) is 5.88. The average molecular weight is 377 g/mol. The minimum Gasteiger partial charge on any atom is -0.461 e. The summed E-state index contributed by atoms with van der Waals surface area (Å²) in [5, 5.41) is 0. The van der Waals surface area contributed by atoms with Crippen molar-refractivity contribution in [3.05, 3.63) is 35.8 Å². The predicted octanol–water partition coefficient (Wildman–Crippen LogP) is 5.20. The van der Waals surface area contributed by atoms with Crippen LogP contribution in [0, 0.1) is 0 Å². The summed E-state index contributed by atoms with van der Waals surface area (Å²) < 4.78 is 13.7. The maximum atomic E-state index is 12.0. The molecule has 26 heavy (non-hydrogen) atoms. The number of ether oxygens (including phenoxy) is 1. The summed E-state index contributed by atoms with van der Waals surface area (Å²) in [6.07, 6.45) is 1.75. The molecule has 0 aliphatic rings. The van der Waals surface area contributed by atoms with Gasteiger partial charge in [0.05, 0.1) is 13.2 Å². The minimum absolute atomic E-state index is 0.333. The molecule has 0 aliphatic heterocycles. The van der Waals surface area contributed by atoms with Gasteiger partial charge in [-0.05, 0) is 35.7 Å². The van der Waals surface area contributed by atoms with Crippen molar-refractivity contribution in [2.45, 2.75) is 71.7 Å². The van der Waals surface area contributed by atoms with Crippen LogP contribution in [0.5, 0.6) is 0 Å². The summed E-state index contributed by atoms with van der Waals surface area (Å²) in [5.41, 5.74) is 3.66. The van der Waals surface area contributed by atoms with Gasteiger partial charge >= 0.3 is 5.97 Å². The maximum Gasteiger partial charge on any atom is 0.358 e. The fourth-order valence-electron chi connectivity index (χ4n) is 4.19. The molecule has 0 fully saturated rings. The highest BCUT2D eigenvalue weighted by molar-refractivity contribution is 6.77. The van der Waals surface area contributed by atoms with Gasteiger partial charge in [0.25, 0.3) is 0 Å². The van der Waals surface area contributed by atoms with E-state index in [0.29, 0.717) is 35.5 Å². The van der Waals surface area contributed by atoms with Crippen molar-refractivity contribution in [3.63, 3.8) is 0 Å². The Labute approximate surface area is 157 Å². The van der Waals surface area contributed by atoms with Crippen molar-refractivity contribution in [1.29, 1.82) is 0 Å². The number of nitrogens with zero attached hydrogens (tertiary/aromatic N) is 2. The van der Waals surface area contributed by atoms with Crippen LogP contribution < -0.4 is 0 Å². The molecule has 144 valence electrons. The van der Waals surface area contributed by atoms with Crippen molar-refractivity contribution in [2.24, 2.45) is 0 Å². The molecule has 2 heterocycles. The van der Waals surface area contributed by atoms with Gasteiger partial charge in [-0.1, -0.05) is 47.6 Å². The van der Waals surface area contributed by atoms with Gasteiger partial charge in [0.15, 0.2) is 5.69 Å². The summed E-state index contributed by atoms with van der Waals surface area (Å²) in [5.74, 6) is -0.390. The molecule has 0 aliphatic carbocycles. The van der Waals surface area contributed by atoms with Gasteiger partial charge in [-0.3, -0.25) is 0 Å². The zero-order chi connectivity index (χ0) is 19.5. The number of esters is 1. The molecular weight excluding hydrogens is 344 g/mol. The number of hydrogen-bond donors (Lipinski definition) is 0. The Hall–Kier alpha value is -1.66. The molecule has 0 spiro atoms. The van der Waals surface area contributed by atoms with E-state index in [-0.39, 0.29) is 0 Å². The highest BCUT2D eigenvalue weighted by Crippen LogP contribution is 2.42. The molecule has 5 nitrogen and oxygen atoms in total. The number of aromatic nitrogens is 2. The SMILES string of the molecule is CCOC(=O)c1cn2c(CO[Si](C(C)C)(C(C)C)C(C)C)cccc2n1. The van der Waals surface area contributed by atoms with Crippen molar-refractivity contribution in [1.82, 2.24) is 9.38 Å². The Morgan fingerprint density at radius 1 is 1.12 bits per heavy atom. The Bertz CT molecular complexity index is 731. The van der Waals surface area contributed by atoms with Gasteiger partial charge in [0, 0.05) is 11.9 Å². The van der Waals surface area contributed by atoms with Crippen LogP contribution in [0.3, 0.4) is 0 Å². The largest absolute Gasteiger partial charge is 0.461 e. The van der Waals surface area contributed by atoms with Gasteiger partial charge in [0.2, 0.25) is 8.32 Å². The van der Waals surface area contributed by atoms with Gasteiger partial charge < -0.3 is 13.6 Å². The minimum atomic E-state index is -1.95. The zero-order valence-corrected chi connectivity index (χ0v) is 18.1. The molecule has 6 heteroatoms. The van der Waals surface area contributed by atoms with Gasteiger partial charge in [-0.15, -0.1) is 0 Å². The molecule has 0 atom stereocenters. The smallest absolute Gasteiger partial charge is 0.358 e. The summed E-state index contributed by atoms with van der Waals surface area (Å²) in [4.78, 5) is 16.4. The number of fused-ring (bicyclic) bond motifs is 1. The zero-order valence-electron chi connectivity index (χ0n) is 17.1. The van der Waals surface area contributed by atoms with E-state index in [1.54, 1.807) is 13.1 Å². The van der Waals surface area contributed by atoms with E-state index >= 15 is 0 Å². The number of rotatable bonds is 8.